The van der Waals surface area contributed by atoms with E-state index in [1.165, 1.54) is 44.1 Å². The van der Waals surface area contributed by atoms with Gasteiger partial charge in [0.2, 0.25) is 0 Å². The summed E-state index contributed by atoms with van der Waals surface area (Å²) in [5.74, 6) is 1.00. The molecule has 0 spiro atoms. The lowest BCUT2D eigenvalue weighted by molar-refractivity contribution is -0.705. The Bertz CT molecular complexity index is 373. The van der Waals surface area contributed by atoms with E-state index in [-0.39, 0.29) is 0 Å². The van der Waals surface area contributed by atoms with Gasteiger partial charge in [0, 0.05) is 10.0 Å². The molecule has 0 unspecified atom stereocenters. The van der Waals surface area contributed by atoms with Gasteiger partial charge >= 0.3 is 0 Å². The third kappa shape index (κ3) is 3.99. The first-order chi connectivity index (χ1) is 8.79. The fourth-order valence-electron chi connectivity index (χ4n) is 2.75. The third-order valence-corrected chi connectivity index (χ3v) is 4.31. The van der Waals surface area contributed by atoms with Crippen molar-refractivity contribution in [3.63, 3.8) is 0 Å². The van der Waals surface area contributed by atoms with Crippen molar-refractivity contribution in [1.82, 2.24) is 0 Å². The second-order valence-corrected chi connectivity index (χ2v) is 6.06. The molecule has 1 saturated carbocycles. The third-order valence-electron chi connectivity index (χ3n) is 3.81. The molecular formula is C15H23BrNO+. The van der Waals surface area contributed by atoms with Crippen molar-refractivity contribution in [3.8, 4) is 5.75 Å². The van der Waals surface area contributed by atoms with Gasteiger partial charge < -0.3 is 10.1 Å². The molecule has 0 aliphatic heterocycles. The van der Waals surface area contributed by atoms with E-state index in [0.29, 0.717) is 0 Å². The van der Waals surface area contributed by atoms with Gasteiger partial charge in [-0.25, -0.2) is 0 Å². The molecule has 100 valence electrons. The van der Waals surface area contributed by atoms with Gasteiger partial charge in [0.05, 0.1) is 13.2 Å². The van der Waals surface area contributed by atoms with E-state index in [0.717, 1.165) is 22.8 Å². The minimum atomic E-state index is 0.802. The number of halogens is 1. The number of ether oxygens (including phenoxy) is 1. The molecule has 18 heavy (non-hydrogen) atoms. The fraction of sp³-hybridized carbons (Fsp3) is 0.600. The van der Waals surface area contributed by atoms with Crippen LogP contribution in [0.3, 0.4) is 0 Å². The summed E-state index contributed by atoms with van der Waals surface area (Å²) in [4.78, 5) is 0. The summed E-state index contributed by atoms with van der Waals surface area (Å²) >= 11 is 3.53. The molecule has 0 atom stereocenters. The highest BCUT2D eigenvalue weighted by atomic mass is 79.9. The molecular weight excluding hydrogens is 290 g/mol. The fourth-order valence-corrected chi connectivity index (χ4v) is 3.16. The van der Waals surface area contributed by atoms with Gasteiger partial charge in [0.1, 0.15) is 12.3 Å². The van der Waals surface area contributed by atoms with Crippen LogP contribution in [0.5, 0.6) is 5.75 Å². The lowest BCUT2D eigenvalue weighted by atomic mass is 10.1. The molecule has 3 heteroatoms. The largest absolute Gasteiger partial charge is 0.496 e. The predicted molar refractivity (Wildman–Crippen MR) is 77.8 cm³/mol. The summed E-state index contributed by atoms with van der Waals surface area (Å²) < 4.78 is 6.56. The van der Waals surface area contributed by atoms with Crippen LogP contribution in [0.25, 0.3) is 0 Å². The molecule has 0 amide bonds. The average Bonchev–Trinajstić information content (AvgIpc) is 2.65. The van der Waals surface area contributed by atoms with Crippen molar-refractivity contribution in [2.75, 3.05) is 7.11 Å². The van der Waals surface area contributed by atoms with Crippen LogP contribution in [0.1, 0.15) is 44.1 Å². The van der Waals surface area contributed by atoms with Crippen LogP contribution in [0.15, 0.2) is 22.7 Å². The second kappa shape index (κ2) is 7.15. The molecule has 0 heterocycles. The lowest BCUT2D eigenvalue weighted by Gasteiger charge is -2.14. The summed E-state index contributed by atoms with van der Waals surface area (Å²) in [5.41, 5.74) is 1.29. The van der Waals surface area contributed by atoms with Gasteiger partial charge in [-0.05, 0) is 43.9 Å². The van der Waals surface area contributed by atoms with E-state index >= 15 is 0 Å². The molecule has 0 radical (unpaired) electrons. The number of quaternary nitrogens is 1. The first kappa shape index (κ1) is 13.9. The Balaban J connectivity index is 1.94. The first-order valence-corrected chi connectivity index (χ1v) is 7.74. The zero-order valence-electron chi connectivity index (χ0n) is 11.1. The molecule has 0 saturated heterocycles. The van der Waals surface area contributed by atoms with Crippen LogP contribution in [0.4, 0.5) is 0 Å². The van der Waals surface area contributed by atoms with Gasteiger partial charge in [-0.2, -0.15) is 0 Å². The summed E-state index contributed by atoms with van der Waals surface area (Å²) in [6.07, 6.45) is 8.38. The van der Waals surface area contributed by atoms with Crippen molar-refractivity contribution >= 4 is 15.9 Å². The van der Waals surface area contributed by atoms with E-state index in [1.807, 2.05) is 12.1 Å². The van der Waals surface area contributed by atoms with E-state index in [4.69, 9.17) is 4.74 Å². The van der Waals surface area contributed by atoms with Crippen LogP contribution >= 0.6 is 15.9 Å². The smallest absolute Gasteiger partial charge is 0.127 e. The number of methoxy groups -OCH3 is 1. The minimum Gasteiger partial charge on any atom is -0.496 e. The lowest BCUT2D eigenvalue weighted by Crippen LogP contribution is -2.88. The number of benzene rings is 1. The van der Waals surface area contributed by atoms with Crippen molar-refractivity contribution in [3.05, 3.63) is 28.2 Å². The zero-order valence-corrected chi connectivity index (χ0v) is 12.7. The van der Waals surface area contributed by atoms with E-state index in [9.17, 15) is 0 Å². The van der Waals surface area contributed by atoms with Crippen LogP contribution in [-0.2, 0) is 6.54 Å². The number of rotatable bonds is 4. The van der Waals surface area contributed by atoms with Crippen molar-refractivity contribution in [2.24, 2.45) is 0 Å². The first-order valence-electron chi connectivity index (χ1n) is 6.95. The van der Waals surface area contributed by atoms with E-state index < -0.39 is 0 Å². The van der Waals surface area contributed by atoms with Gasteiger partial charge in [0.15, 0.2) is 0 Å². The summed E-state index contributed by atoms with van der Waals surface area (Å²) in [6.45, 7) is 1.02. The number of hydrogen-bond acceptors (Lipinski definition) is 1. The van der Waals surface area contributed by atoms with Crippen LogP contribution in [0.2, 0.25) is 0 Å². The van der Waals surface area contributed by atoms with Crippen molar-refractivity contribution in [1.29, 1.82) is 0 Å². The second-order valence-electron chi connectivity index (χ2n) is 5.15. The Hall–Kier alpha value is -0.540. The maximum absolute atomic E-state index is 5.42. The SMILES string of the molecule is COc1ccc(Br)cc1C[NH2+]C1CCCCCC1. The molecule has 2 nitrogen and oxygen atoms in total. The van der Waals surface area contributed by atoms with Gasteiger partial charge in [-0.1, -0.05) is 28.8 Å². The monoisotopic (exact) mass is 312 g/mol. The standard InChI is InChI=1S/C15H22BrNO/c1-18-15-9-8-13(16)10-12(15)11-17-14-6-4-2-3-5-7-14/h8-10,14,17H,2-7,11H2,1H3/p+1. The Kier molecular flexibility index (Phi) is 5.51. The molecule has 1 aromatic carbocycles. The highest BCUT2D eigenvalue weighted by molar-refractivity contribution is 9.10. The Morgan fingerprint density at radius 3 is 2.61 bits per heavy atom. The Morgan fingerprint density at radius 1 is 1.22 bits per heavy atom. The summed E-state index contributed by atoms with van der Waals surface area (Å²) in [7, 11) is 1.75. The Labute approximate surface area is 118 Å². The number of hydrogen-bond donors (Lipinski definition) is 1. The quantitative estimate of drug-likeness (QED) is 0.849. The molecule has 1 fully saturated rings. The highest BCUT2D eigenvalue weighted by Gasteiger charge is 2.15. The molecule has 1 aliphatic carbocycles. The van der Waals surface area contributed by atoms with Gasteiger partial charge in [-0.15, -0.1) is 0 Å². The average molecular weight is 313 g/mol. The van der Waals surface area contributed by atoms with Crippen LogP contribution < -0.4 is 10.1 Å². The van der Waals surface area contributed by atoms with E-state index in [2.05, 4.69) is 27.3 Å². The summed E-state index contributed by atoms with van der Waals surface area (Å²) in [6, 6.07) is 7.05. The molecule has 2 rings (SSSR count). The van der Waals surface area contributed by atoms with Crippen LogP contribution in [-0.4, -0.2) is 13.2 Å². The molecule has 0 aromatic heterocycles. The Morgan fingerprint density at radius 2 is 1.94 bits per heavy atom. The van der Waals surface area contributed by atoms with Gasteiger partial charge in [-0.3, -0.25) is 0 Å². The topological polar surface area (TPSA) is 25.8 Å². The van der Waals surface area contributed by atoms with Crippen LogP contribution in [0, 0.1) is 0 Å². The number of nitrogens with two attached hydrogens (primary N) is 1. The van der Waals surface area contributed by atoms with Crippen molar-refractivity contribution < 1.29 is 10.1 Å². The molecule has 2 N–H and O–H groups in total. The maximum atomic E-state index is 5.42. The molecule has 1 aliphatic rings. The normalized spacial score (nSPS) is 17.4. The van der Waals surface area contributed by atoms with E-state index in [1.54, 1.807) is 7.11 Å². The van der Waals surface area contributed by atoms with Gasteiger partial charge in [0.25, 0.3) is 0 Å². The summed E-state index contributed by atoms with van der Waals surface area (Å²) in [5, 5.41) is 2.50. The zero-order chi connectivity index (χ0) is 12.8. The molecule has 1 aromatic rings. The van der Waals surface area contributed by atoms with Crippen molar-refractivity contribution in [2.45, 2.75) is 51.1 Å². The minimum absolute atomic E-state index is 0.802. The molecule has 0 bridgehead atoms. The highest BCUT2D eigenvalue weighted by Crippen LogP contribution is 2.22. The maximum Gasteiger partial charge on any atom is 0.127 e. The predicted octanol–water partition coefficient (Wildman–Crippen LogP) is 3.24.